The quantitative estimate of drug-likeness (QED) is 0.812. The number of carbonyl (C=O) groups is 2. The van der Waals surface area contributed by atoms with Gasteiger partial charge in [0.05, 0.1) is 4.34 Å². The van der Waals surface area contributed by atoms with E-state index in [0.29, 0.717) is 4.34 Å². The van der Waals surface area contributed by atoms with E-state index in [0.717, 1.165) is 4.88 Å². The Morgan fingerprint density at radius 3 is 2.56 bits per heavy atom. The van der Waals surface area contributed by atoms with Gasteiger partial charge in [-0.3, -0.25) is 9.59 Å². The summed E-state index contributed by atoms with van der Waals surface area (Å²) < 4.78 is 0.583. The lowest BCUT2D eigenvalue weighted by atomic mass is 9.85. The van der Waals surface area contributed by atoms with Crippen LogP contribution in [-0.2, 0) is 16.0 Å². The molecule has 6 heteroatoms. The Labute approximate surface area is 102 Å². The molecule has 1 unspecified atom stereocenters. The van der Waals surface area contributed by atoms with Crippen molar-refractivity contribution in [1.29, 1.82) is 0 Å². The highest BCUT2D eigenvalue weighted by Crippen LogP contribution is 2.29. The summed E-state index contributed by atoms with van der Waals surface area (Å²) in [6.07, 6.45) is 0.138. The molecule has 0 aliphatic heterocycles. The van der Waals surface area contributed by atoms with Crippen molar-refractivity contribution in [2.24, 2.45) is 5.41 Å². The number of halogens is 1. The van der Waals surface area contributed by atoms with E-state index in [4.69, 9.17) is 16.7 Å². The molecule has 88 valence electrons. The molecule has 1 rings (SSSR count). The van der Waals surface area contributed by atoms with Gasteiger partial charge in [-0.05, 0) is 19.1 Å². The molecule has 1 atom stereocenters. The minimum Gasteiger partial charge on any atom is -0.480 e. The molecule has 1 aromatic rings. The molecule has 0 fully saturated rings. The van der Waals surface area contributed by atoms with Crippen LogP contribution in [0.3, 0.4) is 0 Å². The third-order valence-corrected chi connectivity index (χ3v) is 3.59. The molecule has 0 spiro atoms. The van der Waals surface area contributed by atoms with Crippen LogP contribution in [0.2, 0.25) is 4.34 Å². The number of carboxylic acid groups (broad SMARTS) is 1. The van der Waals surface area contributed by atoms with Crippen LogP contribution in [0.15, 0.2) is 12.1 Å². The van der Waals surface area contributed by atoms with Gasteiger partial charge in [-0.2, -0.15) is 0 Å². The van der Waals surface area contributed by atoms with Gasteiger partial charge in [-0.15, -0.1) is 11.3 Å². The second kappa shape index (κ2) is 4.84. The second-order valence-corrected chi connectivity index (χ2v) is 5.40. The van der Waals surface area contributed by atoms with Crippen LogP contribution in [0.5, 0.6) is 0 Å². The molecule has 0 saturated carbocycles. The van der Waals surface area contributed by atoms with Gasteiger partial charge in [0, 0.05) is 18.3 Å². The molecule has 0 radical (unpaired) electrons. The van der Waals surface area contributed by atoms with Crippen LogP contribution in [-0.4, -0.2) is 24.0 Å². The zero-order valence-electron chi connectivity index (χ0n) is 8.91. The summed E-state index contributed by atoms with van der Waals surface area (Å²) >= 11 is 7.03. The van der Waals surface area contributed by atoms with Gasteiger partial charge in [0.2, 0.25) is 5.91 Å². The van der Waals surface area contributed by atoms with Crippen molar-refractivity contribution in [3.8, 4) is 0 Å². The molecule has 1 amide bonds. The van der Waals surface area contributed by atoms with E-state index in [9.17, 15) is 9.59 Å². The Bertz CT molecular complexity index is 418. The Morgan fingerprint density at radius 1 is 1.56 bits per heavy atom. The Kier molecular flexibility index (Phi) is 3.93. The van der Waals surface area contributed by atoms with E-state index < -0.39 is 17.3 Å². The first-order chi connectivity index (χ1) is 7.40. The summed E-state index contributed by atoms with van der Waals surface area (Å²) in [4.78, 5) is 23.5. The lowest BCUT2D eigenvalue weighted by molar-refractivity contribution is -0.154. The third kappa shape index (κ3) is 2.54. The molecular formula is C10H12ClNO3S. The lowest BCUT2D eigenvalue weighted by Gasteiger charge is -2.21. The van der Waals surface area contributed by atoms with Gasteiger partial charge >= 0.3 is 5.97 Å². The van der Waals surface area contributed by atoms with Gasteiger partial charge in [-0.1, -0.05) is 11.6 Å². The molecule has 4 nitrogen and oxygen atoms in total. The van der Waals surface area contributed by atoms with Gasteiger partial charge in [-0.25, -0.2) is 0 Å². The Balaban J connectivity index is 2.96. The summed E-state index contributed by atoms with van der Waals surface area (Å²) in [6, 6.07) is 3.42. The molecular weight excluding hydrogens is 250 g/mol. The fourth-order valence-corrected chi connectivity index (χ4v) is 2.57. The third-order valence-electron chi connectivity index (χ3n) is 2.36. The van der Waals surface area contributed by atoms with Gasteiger partial charge in [0.15, 0.2) is 0 Å². The zero-order chi connectivity index (χ0) is 12.3. The minimum absolute atomic E-state index is 0.138. The van der Waals surface area contributed by atoms with Crippen LogP contribution >= 0.6 is 22.9 Å². The number of carboxylic acids is 1. The standard InChI is InChI=1S/C10H12ClNO3S/c1-10(9(14)15,8(13)12-2)5-6-3-4-7(11)16-6/h3-4H,5H2,1-2H3,(H,12,13)(H,14,15). The number of hydrogen-bond donors (Lipinski definition) is 2. The predicted molar refractivity (Wildman–Crippen MR) is 62.8 cm³/mol. The summed E-state index contributed by atoms with van der Waals surface area (Å²) in [5.41, 5.74) is -1.46. The minimum atomic E-state index is -1.46. The normalized spacial score (nSPS) is 14.2. The first-order valence-electron chi connectivity index (χ1n) is 4.60. The Morgan fingerprint density at radius 2 is 2.19 bits per heavy atom. The van der Waals surface area contributed by atoms with Crippen molar-refractivity contribution in [3.63, 3.8) is 0 Å². The molecule has 16 heavy (non-hydrogen) atoms. The van der Waals surface area contributed by atoms with E-state index >= 15 is 0 Å². The van der Waals surface area contributed by atoms with E-state index in [1.165, 1.54) is 25.3 Å². The second-order valence-electron chi connectivity index (χ2n) is 3.60. The van der Waals surface area contributed by atoms with Crippen LogP contribution in [0, 0.1) is 5.41 Å². The molecule has 0 aliphatic rings. The number of rotatable bonds is 4. The number of thiophene rings is 1. The summed E-state index contributed by atoms with van der Waals surface area (Å²) in [5.74, 6) is -1.65. The summed E-state index contributed by atoms with van der Waals surface area (Å²) in [5, 5.41) is 11.5. The average molecular weight is 262 g/mol. The fraction of sp³-hybridized carbons (Fsp3) is 0.400. The van der Waals surface area contributed by atoms with Crippen LogP contribution in [0.25, 0.3) is 0 Å². The summed E-state index contributed by atoms with van der Waals surface area (Å²) in [7, 11) is 1.42. The van der Waals surface area contributed by atoms with Crippen molar-refractivity contribution in [1.82, 2.24) is 5.32 Å². The molecule has 2 N–H and O–H groups in total. The van der Waals surface area contributed by atoms with Crippen molar-refractivity contribution in [2.45, 2.75) is 13.3 Å². The maximum Gasteiger partial charge on any atom is 0.319 e. The molecule has 0 saturated heterocycles. The summed E-state index contributed by atoms with van der Waals surface area (Å²) in [6.45, 7) is 1.40. The monoisotopic (exact) mass is 261 g/mol. The Hall–Kier alpha value is -1.07. The van der Waals surface area contributed by atoms with Gasteiger partial charge in [0.1, 0.15) is 5.41 Å². The lowest BCUT2D eigenvalue weighted by Crippen LogP contribution is -2.44. The topological polar surface area (TPSA) is 66.4 Å². The van der Waals surface area contributed by atoms with Crippen molar-refractivity contribution in [2.75, 3.05) is 7.05 Å². The van der Waals surface area contributed by atoms with Crippen LogP contribution < -0.4 is 5.32 Å². The van der Waals surface area contributed by atoms with Crippen molar-refractivity contribution < 1.29 is 14.7 Å². The van der Waals surface area contributed by atoms with E-state index in [1.54, 1.807) is 12.1 Å². The average Bonchev–Trinajstić information content (AvgIpc) is 2.62. The predicted octanol–water partition coefficient (Wildman–Crippen LogP) is 1.78. The number of carbonyl (C=O) groups excluding carboxylic acids is 1. The first kappa shape index (κ1) is 13.0. The maximum atomic E-state index is 11.6. The van der Waals surface area contributed by atoms with Crippen LogP contribution in [0.1, 0.15) is 11.8 Å². The number of aliphatic carboxylic acids is 1. The number of amides is 1. The van der Waals surface area contributed by atoms with E-state index in [-0.39, 0.29) is 6.42 Å². The number of nitrogens with one attached hydrogen (secondary N) is 1. The highest BCUT2D eigenvalue weighted by Gasteiger charge is 2.41. The molecule has 0 bridgehead atoms. The SMILES string of the molecule is CNC(=O)C(C)(Cc1ccc(Cl)s1)C(=O)O. The highest BCUT2D eigenvalue weighted by molar-refractivity contribution is 7.16. The largest absolute Gasteiger partial charge is 0.480 e. The van der Waals surface area contributed by atoms with Gasteiger partial charge < -0.3 is 10.4 Å². The van der Waals surface area contributed by atoms with E-state index in [2.05, 4.69) is 5.32 Å². The first-order valence-corrected chi connectivity index (χ1v) is 5.79. The zero-order valence-corrected chi connectivity index (χ0v) is 10.5. The molecule has 1 heterocycles. The van der Waals surface area contributed by atoms with E-state index in [1.807, 2.05) is 0 Å². The van der Waals surface area contributed by atoms with Crippen molar-refractivity contribution in [3.05, 3.63) is 21.3 Å². The highest BCUT2D eigenvalue weighted by atomic mass is 35.5. The molecule has 1 aromatic heterocycles. The maximum absolute atomic E-state index is 11.6. The molecule has 0 aliphatic carbocycles. The smallest absolute Gasteiger partial charge is 0.319 e. The van der Waals surface area contributed by atoms with Gasteiger partial charge in [0.25, 0.3) is 0 Å². The fourth-order valence-electron chi connectivity index (χ4n) is 1.32. The number of hydrogen-bond acceptors (Lipinski definition) is 3. The molecule has 0 aromatic carbocycles. The van der Waals surface area contributed by atoms with Crippen molar-refractivity contribution >= 4 is 34.8 Å². The van der Waals surface area contributed by atoms with Crippen LogP contribution in [0.4, 0.5) is 0 Å².